The molecule has 0 aromatic carbocycles. The summed E-state index contributed by atoms with van der Waals surface area (Å²) in [6, 6.07) is 0. The van der Waals surface area contributed by atoms with E-state index in [0.29, 0.717) is 5.69 Å². The fourth-order valence-corrected chi connectivity index (χ4v) is 2.30. The Morgan fingerprint density at radius 1 is 1.69 bits per heavy atom. The summed E-state index contributed by atoms with van der Waals surface area (Å²) >= 11 is 0. The Morgan fingerprint density at radius 2 is 2.31 bits per heavy atom. The lowest BCUT2D eigenvalue weighted by Gasteiger charge is -1.98. The molecule has 16 heavy (non-hydrogen) atoms. The van der Waals surface area contributed by atoms with E-state index < -0.39 is 22.2 Å². The van der Waals surface area contributed by atoms with Gasteiger partial charge in [0.05, 0.1) is 10.8 Å². The first-order valence-electron chi connectivity index (χ1n) is 4.78. The van der Waals surface area contributed by atoms with Gasteiger partial charge < -0.3 is 5.11 Å². The molecule has 7 heteroatoms. The number of hydrogen-bond acceptors (Lipinski definition) is 4. The minimum Gasteiger partial charge on any atom is -0.481 e. The van der Waals surface area contributed by atoms with E-state index in [1.165, 1.54) is 0 Å². The molecule has 0 radical (unpaired) electrons. The number of aliphatic carboxylic acids is 1. The van der Waals surface area contributed by atoms with Crippen LogP contribution in [0.5, 0.6) is 0 Å². The second-order valence-electron chi connectivity index (χ2n) is 4.54. The standard InChI is InChI=1S/C9H11N3O4/c1-9(2)5(6(9)8(13)14)7-4(12(15)16)3-10-11-7/h3,5-6H,1-2H3,(H,10,11)(H,13,14)/t5-,6-/m0/s1. The van der Waals surface area contributed by atoms with E-state index in [-0.39, 0.29) is 11.6 Å². The first-order chi connectivity index (χ1) is 7.37. The normalized spacial score (nSPS) is 26.4. The third-order valence-corrected chi connectivity index (χ3v) is 3.25. The SMILES string of the molecule is CC1(C)[C@H](C(=O)O)[C@H]1c1[nH]ncc1[N+](=O)[O-]. The third kappa shape index (κ3) is 1.28. The van der Waals surface area contributed by atoms with Crippen LogP contribution in [0.2, 0.25) is 0 Å². The average molecular weight is 225 g/mol. The third-order valence-electron chi connectivity index (χ3n) is 3.25. The van der Waals surface area contributed by atoms with Gasteiger partial charge in [0, 0.05) is 5.92 Å². The first kappa shape index (κ1) is 10.6. The van der Waals surface area contributed by atoms with Crippen LogP contribution in [0, 0.1) is 21.4 Å². The van der Waals surface area contributed by atoms with Gasteiger partial charge in [0.2, 0.25) is 0 Å². The van der Waals surface area contributed by atoms with E-state index >= 15 is 0 Å². The van der Waals surface area contributed by atoms with Crippen LogP contribution in [-0.4, -0.2) is 26.2 Å². The number of carboxylic acids is 1. The molecule has 0 bridgehead atoms. The Labute approximate surface area is 90.6 Å². The monoisotopic (exact) mass is 225 g/mol. The molecule has 7 nitrogen and oxygen atoms in total. The Hall–Kier alpha value is -1.92. The Kier molecular flexibility index (Phi) is 2.01. The molecule has 2 rings (SSSR count). The zero-order valence-corrected chi connectivity index (χ0v) is 8.80. The van der Waals surface area contributed by atoms with Crippen LogP contribution in [0.4, 0.5) is 5.69 Å². The number of aromatic amines is 1. The van der Waals surface area contributed by atoms with Gasteiger partial charge in [0.15, 0.2) is 0 Å². The fourth-order valence-electron chi connectivity index (χ4n) is 2.30. The molecule has 0 spiro atoms. The van der Waals surface area contributed by atoms with Crippen molar-refractivity contribution in [1.29, 1.82) is 0 Å². The van der Waals surface area contributed by atoms with Gasteiger partial charge in [0.25, 0.3) is 0 Å². The number of hydrogen-bond donors (Lipinski definition) is 2. The van der Waals surface area contributed by atoms with Crippen molar-refractivity contribution < 1.29 is 14.8 Å². The molecule has 0 aliphatic heterocycles. The first-order valence-corrected chi connectivity index (χ1v) is 4.78. The summed E-state index contributed by atoms with van der Waals surface area (Å²) in [7, 11) is 0. The number of aromatic nitrogens is 2. The van der Waals surface area contributed by atoms with Crippen molar-refractivity contribution in [3.05, 3.63) is 22.0 Å². The molecule has 0 amide bonds. The highest BCUT2D eigenvalue weighted by Gasteiger charge is 2.65. The summed E-state index contributed by atoms with van der Waals surface area (Å²) in [6.45, 7) is 3.56. The van der Waals surface area contributed by atoms with Crippen molar-refractivity contribution in [2.45, 2.75) is 19.8 Å². The van der Waals surface area contributed by atoms with Gasteiger partial charge in [-0.2, -0.15) is 5.10 Å². The van der Waals surface area contributed by atoms with Crippen LogP contribution in [0.15, 0.2) is 6.20 Å². The van der Waals surface area contributed by atoms with Crippen molar-refractivity contribution in [3.63, 3.8) is 0 Å². The molecule has 1 fully saturated rings. The molecular weight excluding hydrogens is 214 g/mol. The van der Waals surface area contributed by atoms with Gasteiger partial charge in [-0.05, 0) is 5.41 Å². The highest BCUT2D eigenvalue weighted by atomic mass is 16.6. The lowest BCUT2D eigenvalue weighted by Crippen LogP contribution is -2.03. The summed E-state index contributed by atoms with van der Waals surface area (Å²) in [4.78, 5) is 21.1. The Bertz CT molecular complexity index is 465. The number of carbonyl (C=O) groups is 1. The summed E-state index contributed by atoms with van der Waals surface area (Å²) < 4.78 is 0. The molecule has 2 atom stereocenters. The topological polar surface area (TPSA) is 109 Å². The molecule has 0 saturated heterocycles. The van der Waals surface area contributed by atoms with Gasteiger partial charge in [-0.15, -0.1) is 0 Å². The van der Waals surface area contributed by atoms with E-state index in [4.69, 9.17) is 5.11 Å². The van der Waals surface area contributed by atoms with Crippen LogP contribution in [0.1, 0.15) is 25.5 Å². The molecule has 0 unspecified atom stereocenters. The van der Waals surface area contributed by atoms with Crippen molar-refractivity contribution in [2.24, 2.45) is 11.3 Å². The molecule has 2 N–H and O–H groups in total. The largest absolute Gasteiger partial charge is 0.481 e. The van der Waals surface area contributed by atoms with Crippen LogP contribution in [0.3, 0.4) is 0 Å². The highest BCUT2D eigenvalue weighted by molar-refractivity contribution is 5.77. The van der Waals surface area contributed by atoms with Gasteiger partial charge in [0.1, 0.15) is 11.9 Å². The smallest absolute Gasteiger partial charge is 0.310 e. The van der Waals surface area contributed by atoms with Crippen molar-refractivity contribution >= 4 is 11.7 Å². The van der Waals surface area contributed by atoms with E-state index in [2.05, 4.69) is 10.2 Å². The maximum absolute atomic E-state index is 11.0. The summed E-state index contributed by atoms with van der Waals surface area (Å²) in [5, 5.41) is 25.8. The highest BCUT2D eigenvalue weighted by Crippen LogP contribution is 2.65. The number of nitrogens with one attached hydrogen (secondary N) is 1. The van der Waals surface area contributed by atoms with Gasteiger partial charge >= 0.3 is 11.7 Å². The zero-order chi connectivity index (χ0) is 12.1. The van der Waals surface area contributed by atoms with Crippen LogP contribution in [-0.2, 0) is 4.79 Å². The van der Waals surface area contributed by atoms with Gasteiger partial charge in [-0.25, -0.2) is 0 Å². The lowest BCUT2D eigenvalue weighted by molar-refractivity contribution is -0.385. The van der Waals surface area contributed by atoms with Crippen molar-refractivity contribution in [3.8, 4) is 0 Å². The van der Waals surface area contributed by atoms with Crippen LogP contribution < -0.4 is 0 Å². The second-order valence-corrected chi connectivity index (χ2v) is 4.54. The fraction of sp³-hybridized carbons (Fsp3) is 0.556. The second kappa shape index (κ2) is 3.03. The average Bonchev–Trinajstić information content (AvgIpc) is 2.59. The van der Waals surface area contributed by atoms with E-state index in [1.54, 1.807) is 13.8 Å². The van der Waals surface area contributed by atoms with E-state index in [1.807, 2.05) is 0 Å². The maximum atomic E-state index is 11.0. The molecule has 1 saturated carbocycles. The number of carboxylic acid groups (broad SMARTS) is 1. The quantitative estimate of drug-likeness (QED) is 0.592. The number of H-pyrrole nitrogens is 1. The Balaban J connectivity index is 2.37. The maximum Gasteiger partial charge on any atom is 0.310 e. The van der Waals surface area contributed by atoms with Gasteiger partial charge in [-0.3, -0.25) is 20.0 Å². The molecule has 1 aliphatic carbocycles. The molecule has 1 heterocycles. The molecule has 1 aliphatic rings. The van der Waals surface area contributed by atoms with E-state index in [9.17, 15) is 14.9 Å². The van der Waals surface area contributed by atoms with Crippen molar-refractivity contribution in [2.75, 3.05) is 0 Å². The molecular formula is C9H11N3O4. The molecule has 86 valence electrons. The minimum atomic E-state index is -0.932. The number of rotatable bonds is 3. The predicted molar refractivity (Wildman–Crippen MR) is 52.9 cm³/mol. The minimum absolute atomic E-state index is 0.137. The summed E-state index contributed by atoms with van der Waals surface area (Å²) in [6.07, 6.45) is 1.11. The number of nitro groups is 1. The molecule has 1 aromatic heterocycles. The predicted octanol–water partition coefficient (Wildman–Crippen LogP) is 1.14. The lowest BCUT2D eigenvalue weighted by atomic mass is 10.1. The number of nitrogens with zero attached hydrogens (tertiary/aromatic N) is 2. The van der Waals surface area contributed by atoms with Crippen molar-refractivity contribution in [1.82, 2.24) is 10.2 Å². The van der Waals surface area contributed by atoms with E-state index in [0.717, 1.165) is 6.20 Å². The van der Waals surface area contributed by atoms with Gasteiger partial charge in [-0.1, -0.05) is 13.8 Å². The summed E-state index contributed by atoms with van der Waals surface area (Å²) in [5.41, 5.74) is -0.299. The molecule has 1 aromatic rings. The zero-order valence-electron chi connectivity index (χ0n) is 8.80. The van der Waals surface area contributed by atoms with Crippen LogP contribution >= 0.6 is 0 Å². The summed E-state index contributed by atoms with van der Waals surface area (Å²) in [5.74, 6) is -1.89. The Morgan fingerprint density at radius 3 is 2.75 bits per heavy atom. The van der Waals surface area contributed by atoms with Crippen LogP contribution in [0.25, 0.3) is 0 Å².